The second kappa shape index (κ2) is 6.68. The maximum absolute atomic E-state index is 11.7. The summed E-state index contributed by atoms with van der Waals surface area (Å²) in [5.41, 5.74) is 0.894. The zero-order valence-electron chi connectivity index (χ0n) is 10.4. The number of aromatic nitrogens is 1. The molecule has 0 aliphatic carbocycles. The quantitative estimate of drug-likeness (QED) is 0.781. The van der Waals surface area contributed by atoms with E-state index < -0.39 is 0 Å². The molecule has 0 fully saturated rings. The standard InChI is InChI=1S/C11H19N3O2S/c1-8(10-7-17-9(2)13-10)12-11(16)6-14(3)4-5-15/h7-8,15H,4-6H2,1-3H3,(H,12,16)/t8-/m0/s1. The van der Waals surface area contributed by atoms with Crippen molar-refractivity contribution in [3.8, 4) is 0 Å². The summed E-state index contributed by atoms with van der Waals surface area (Å²) in [6, 6.07) is -0.0741. The third-order valence-electron chi connectivity index (χ3n) is 2.35. The summed E-state index contributed by atoms with van der Waals surface area (Å²) in [7, 11) is 1.80. The predicted molar refractivity (Wildman–Crippen MR) is 68.0 cm³/mol. The summed E-state index contributed by atoms with van der Waals surface area (Å²) in [6.07, 6.45) is 0. The molecule has 0 aliphatic rings. The van der Waals surface area contributed by atoms with E-state index in [1.807, 2.05) is 19.2 Å². The maximum atomic E-state index is 11.7. The molecule has 1 aromatic heterocycles. The number of hydrogen-bond donors (Lipinski definition) is 2. The Labute approximate surface area is 105 Å². The highest BCUT2D eigenvalue weighted by atomic mass is 32.1. The molecule has 1 heterocycles. The molecule has 0 aliphatic heterocycles. The molecule has 96 valence electrons. The lowest BCUT2D eigenvalue weighted by Crippen LogP contribution is -2.37. The van der Waals surface area contributed by atoms with Gasteiger partial charge >= 0.3 is 0 Å². The molecule has 0 unspecified atom stereocenters. The molecule has 1 aromatic rings. The van der Waals surface area contributed by atoms with Crippen LogP contribution in [0.4, 0.5) is 0 Å². The fourth-order valence-electron chi connectivity index (χ4n) is 1.44. The summed E-state index contributed by atoms with van der Waals surface area (Å²) in [4.78, 5) is 17.8. The molecule has 0 radical (unpaired) electrons. The largest absolute Gasteiger partial charge is 0.395 e. The number of carbonyl (C=O) groups is 1. The molecule has 0 saturated carbocycles. The number of rotatable bonds is 6. The van der Waals surface area contributed by atoms with Crippen LogP contribution in [0.15, 0.2) is 5.38 Å². The SMILES string of the molecule is Cc1nc([C@H](C)NC(=O)CN(C)CCO)cs1. The van der Waals surface area contributed by atoms with Gasteiger partial charge in [-0.15, -0.1) is 11.3 Å². The minimum absolute atomic E-state index is 0.0564. The number of nitrogens with zero attached hydrogens (tertiary/aromatic N) is 2. The van der Waals surface area contributed by atoms with Gasteiger partial charge in [-0.1, -0.05) is 0 Å². The lowest BCUT2D eigenvalue weighted by molar-refractivity contribution is -0.122. The van der Waals surface area contributed by atoms with Crippen molar-refractivity contribution < 1.29 is 9.90 Å². The normalized spacial score (nSPS) is 12.8. The van der Waals surface area contributed by atoms with Gasteiger partial charge in [-0.05, 0) is 20.9 Å². The molecule has 0 aromatic carbocycles. The van der Waals surface area contributed by atoms with Crippen molar-refractivity contribution >= 4 is 17.2 Å². The van der Waals surface area contributed by atoms with Crippen molar-refractivity contribution in [2.45, 2.75) is 19.9 Å². The van der Waals surface area contributed by atoms with E-state index >= 15 is 0 Å². The number of aliphatic hydroxyl groups is 1. The van der Waals surface area contributed by atoms with E-state index in [0.29, 0.717) is 6.54 Å². The summed E-state index contributed by atoms with van der Waals surface area (Å²) < 4.78 is 0. The van der Waals surface area contributed by atoms with Gasteiger partial charge in [-0.25, -0.2) is 4.98 Å². The molecule has 0 bridgehead atoms. The minimum atomic E-state index is -0.0741. The molecular weight excluding hydrogens is 238 g/mol. The zero-order valence-corrected chi connectivity index (χ0v) is 11.3. The van der Waals surface area contributed by atoms with Crippen LogP contribution in [0.1, 0.15) is 23.7 Å². The first-order valence-corrected chi connectivity index (χ1v) is 6.41. The minimum Gasteiger partial charge on any atom is -0.395 e. The highest BCUT2D eigenvalue weighted by molar-refractivity contribution is 7.09. The number of aliphatic hydroxyl groups excluding tert-OH is 1. The average Bonchev–Trinajstić information content (AvgIpc) is 2.64. The number of amides is 1. The van der Waals surface area contributed by atoms with Gasteiger partial charge in [-0.2, -0.15) is 0 Å². The Kier molecular flexibility index (Phi) is 5.54. The van der Waals surface area contributed by atoms with E-state index in [1.54, 1.807) is 23.3 Å². The summed E-state index contributed by atoms with van der Waals surface area (Å²) in [5.74, 6) is -0.0564. The first-order chi connectivity index (χ1) is 8.02. The summed E-state index contributed by atoms with van der Waals surface area (Å²) in [6.45, 7) is 4.70. The molecule has 1 amide bonds. The lowest BCUT2D eigenvalue weighted by Gasteiger charge is -2.17. The van der Waals surface area contributed by atoms with Crippen molar-refractivity contribution in [2.75, 3.05) is 26.7 Å². The second-order valence-corrected chi connectivity index (χ2v) is 5.10. The molecular formula is C11H19N3O2S. The smallest absolute Gasteiger partial charge is 0.234 e. The van der Waals surface area contributed by atoms with Gasteiger partial charge in [0.1, 0.15) is 0 Å². The first-order valence-electron chi connectivity index (χ1n) is 5.53. The number of thiazole rings is 1. The molecule has 17 heavy (non-hydrogen) atoms. The van der Waals surface area contributed by atoms with Crippen LogP contribution in [0, 0.1) is 6.92 Å². The second-order valence-electron chi connectivity index (χ2n) is 4.04. The third kappa shape index (κ3) is 4.80. The van der Waals surface area contributed by atoms with Crippen LogP contribution in [0.25, 0.3) is 0 Å². The molecule has 1 rings (SSSR count). The van der Waals surface area contributed by atoms with E-state index in [9.17, 15) is 4.79 Å². The monoisotopic (exact) mass is 257 g/mol. The zero-order chi connectivity index (χ0) is 12.8. The fraction of sp³-hybridized carbons (Fsp3) is 0.636. The Morgan fingerprint density at radius 2 is 2.41 bits per heavy atom. The first kappa shape index (κ1) is 14.1. The van der Waals surface area contributed by atoms with E-state index in [1.165, 1.54) is 0 Å². The van der Waals surface area contributed by atoms with Crippen molar-refractivity contribution in [1.29, 1.82) is 0 Å². The number of hydrogen-bond acceptors (Lipinski definition) is 5. The maximum Gasteiger partial charge on any atom is 0.234 e. The van der Waals surface area contributed by atoms with Crippen LogP contribution >= 0.6 is 11.3 Å². The van der Waals surface area contributed by atoms with Crippen LogP contribution in [-0.2, 0) is 4.79 Å². The Morgan fingerprint density at radius 3 is 2.94 bits per heavy atom. The highest BCUT2D eigenvalue weighted by Gasteiger charge is 2.13. The number of nitrogens with one attached hydrogen (secondary N) is 1. The number of aryl methyl sites for hydroxylation is 1. The lowest BCUT2D eigenvalue weighted by atomic mass is 10.2. The van der Waals surface area contributed by atoms with Gasteiger partial charge in [0.25, 0.3) is 0 Å². The van der Waals surface area contributed by atoms with Gasteiger partial charge in [0.2, 0.25) is 5.91 Å². The van der Waals surface area contributed by atoms with E-state index in [0.717, 1.165) is 10.7 Å². The van der Waals surface area contributed by atoms with E-state index in [-0.39, 0.29) is 25.1 Å². The molecule has 2 N–H and O–H groups in total. The molecule has 5 nitrogen and oxygen atoms in total. The van der Waals surface area contributed by atoms with Gasteiger partial charge in [0.15, 0.2) is 0 Å². The fourth-order valence-corrected chi connectivity index (χ4v) is 2.14. The van der Waals surface area contributed by atoms with Crippen LogP contribution < -0.4 is 5.32 Å². The van der Waals surface area contributed by atoms with E-state index in [4.69, 9.17) is 5.11 Å². The van der Waals surface area contributed by atoms with E-state index in [2.05, 4.69) is 10.3 Å². The number of carbonyl (C=O) groups excluding carboxylic acids is 1. The van der Waals surface area contributed by atoms with Crippen LogP contribution in [-0.4, -0.2) is 47.6 Å². The van der Waals surface area contributed by atoms with Crippen molar-refractivity contribution in [3.05, 3.63) is 16.1 Å². The third-order valence-corrected chi connectivity index (χ3v) is 3.14. The Balaban J connectivity index is 2.40. The Bertz CT molecular complexity index is 367. The van der Waals surface area contributed by atoms with Crippen molar-refractivity contribution in [2.24, 2.45) is 0 Å². The number of likely N-dealkylation sites (N-methyl/N-ethyl adjacent to an activating group) is 1. The van der Waals surface area contributed by atoms with Gasteiger partial charge in [0, 0.05) is 11.9 Å². The topological polar surface area (TPSA) is 65.5 Å². The van der Waals surface area contributed by atoms with Crippen LogP contribution in [0.3, 0.4) is 0 Å². The molecule has 1 atom stereocenters. The van der Waals surface area contributed by atoms with Gasteiger partial charge < -0.3 is 10.4 Å². The summed E-state index contributed by atoms with van der Waals surface area (Å²) in [5, 5.41) is 14.6. The van der Waals surface area contributed by atoms with Gasteiger partial charge in [-0.3, -0.25) is 9.69 Å². The predicted octanol–water partition coefficient (Wildman–Crippen LogP) is 0.553. The van der Waals surface area contributed by atoms with Gasteiger partial charge in [0.05, 0.1) is 29.9 Å². The highest BCUT2D eigenvalue weighted by Crippen LogP contribution is 2.15. The summed E-state index contributed by atoms with van der Waals surface area (Å²) >= 11 is 1.58. The average molecular weight is 257 g/mol. The van der Waals surface area contributed by atoms with Crippen molar-refractivity contribution in [3.63, 3.8) is 0 Å². The van der Waals surface area contributed by atoms with Crippen LogP contribution in [0.5, 0.6) is 0 Å². The molecule has 0 spiro atoms. The molecule has 6 heteroatoms. The Morgan fingerprint density at radius 1 is 1.71 bits per heavy atom. The van der Waals surface area contributed by atoms with Crippen LogP contribution in [0.2, 0.25) is 0 Å². The molecule has 0 saturated heterocycles. The van der Waals surface area contributed by atoms with Crippen molar-refractivity contribution in [1.82, 2.24) is 15.2 Å². The Hall–Kier alpha value is -0.980.